The molecule has 24 heavy (non-hydrogen) atoms. The molecule has 0 bridgehead atoms. The summed E-state index contributed by atoms with van der Waals surface area (Å²) in [5.74, 6) is -0.355. The van der Waals surface area contributed by atoms with E-state index >= 15 is 0 Å². The Morgan fingerprint density at radius 1 is 0.917 bits per heavy atom. The van der Waals surface area contributed by atoms with E-state index in [1.807, 2.05) is 42.5 Å². The Hall–Kier alpha value is -2.14. The summed E-state index contributed by atoms with van der Waals surface area (Å²) >= 11 is 17.0. The third-order valence-electron chi connectivity index (χ3n) is 3.45. The number of rotatable bonds is 2. The van der Waals surface area contributed by atoms with E-state index in [9.17, 15) is 4.79 Å². The van der Waals surface area contributed by atoms with Crippen molar-refractivity contribution in [2.45, 2.75) is 0 Å². The van der Waals surface area contributed by atoms with Crippen LogP contribution in [0.15, 0.2) is 60.7 Å². The first-order valence-electron chi connectivity index (χ1n) is 7.10. The number of anilines is 1. The molecule has 2 N–H and O–H groups in total. The maximum atomic E-state index is 12.2. The van der Waals surface area contributed by atoms with Crippen molar-refractivity contribution in [1.29, 1.82) is 0 Å². The van der Waals surface area contributed by atoms with Gasteiger partial charge in [0, 0.05) is 16.6 Å². The number of benzene rings is 3. The molecule has 6 heteroatoms. The lowest BCUT2D eigenvalue weighted by atomic mass is 10.1. The van der Waals surface area contributed by atoms with Gasteiger partial charge in [0.2, 0.25) is 0 Å². The summed E-state index contributed by atoms with van der Waals surface area (Å²) in [6.07, 6.45) is 0. The molecule has 3 aromatic rings. The summed E-state index contributed by atoms with van der Waals surface area (Å²) in [6.45, 7) is 0. The van der Waals surface area contributed by atoms with Gasteiger partial charge in [0.05, 0.1) is 10.0 Å². The Balaban J connectivity index is 1.75. The van der Waals surface area contributed by atoms with Crippen LogP contribution >= 0.6 is 35.4 Å². The third-order valence-corrected chi connectivity index (χ3v) is 4.39. The molecule has 0 aliphatic rings. The SMILES string of the molecule is O=C(NC(=S)Nc1cccc2ccccc12)c1ccc(Cl)c(Cl)c1. The zero-order chi connectivity index (χ0) is 17.1. The molecule has 0 fully saturated rings. The molecule has 3 nitrogen and oxygen atoms in total. The number of nitrogens with one attached hydrogen (secondary N) is 2. The number of carbonyl (C=O) groups excluding carboxylic acids is 1. The van der Waals surface area contributed by atoms with Crippen LogP contribution in [0.3, 0.4) is 0 Å². The van der Waals surface area contributed by atoms with Crippen molar-refractivity contribution in [3.63, 3.8) is 0 Å². The summed E-state index contributed by atoms with van der Waals surface area (Å²) in [4.78, 5) is 12.2. The molecule has 0 atom stereocenters. The number of hydrogen-bond acceptors (Lipinski definition) is 2. The second-order valence-electron chi connectivity index (χ2n) is 5.06. The van der Waals surface area contributed by atoms with E-state index in [1.54, 1.807) is 12.1 Å². The fourth-order valence-electron chi connectivity index (χ4n) is 2.30. The van der Waals surface area contributed by atoms with Crippen LogP contribution < -0.4 is 10.6 Å². The van der Waals surface area contributed by atoms with Crippen molar-refractivity contribution >= 4 is 62.9 Å². The van der Waals surface area contributed by atoms with Crippen LogP contribution in [-0.2, 0) is 0 Å². The molecule has 0 aliphatic heterocycles. The molecule has 0 unspecified atom stereocenters. The van der Waals surface area contributed by atoms with Gasteiger partial charge in [-0.25, -0.2) is 0 Å². The summed E-state index contributed by atoms with van der Waals surface area (Å²) < 4.78 is 0. The molecule has 0 radical (unpaired) electrons. The van der Waals surface area contributed by atoms with Gasteiger partial charge in [-0.15, -0.1) is 0 Å². The van der Waals surface area contributed by atoms with Crippen LogP contribution in [0.4, 0.5) is 5.69 Å². The lowest BCUT2D eigenvalue weighted by molar-refractivity contribution is 0.0978. The van der Waals surface area contributed by atoms with Crippen molar-refractivity contribution in [2.75, 3.05) is 5.32 Å². The van der Waals surface area contributed by atoms with Crippen LogP contribution in [-0.4, -0.2) is 11.0 Å². The predicted octanol–water partition coefficient (Wildman–Crippen LogP) is 5.27. The van der Waals surface area contributed by atoms with E-state index in [1.165, 1.54) is 6.07 Å². The van der Waals surface area contributed by atoms with Crippen LogP contribution in [0.1, 0.15) is 10.4 Å². The van der Waals surface area contributed by atoms with Crippen molar-refractivity contribution in [2.24, 2.45) is 0 Å². The largest absolute Gasteiger partial charge is 0.332 e. The number of fused-ring (bicyclic) bond motifs is 1. The molecule has 3 rings (SSSR count). The predicted molar refractivity (Wildman–Crippen MR) is 104 cm³/mol. The quantitative estimate of drug-likeness (QED) is 0.600. The lowest BCUT2D eigenvalue weighted by Gasteiger charge is -2.12. The standard InChI is InChI=1S/C18H12Cl2N2OS/c19-14-9-8-12(10-15(14)20)17(23)22-18(24)21-16-7-3-5-11-4-1-2-6-13(11)16/h1-10H,(H2,21,22,23,24). The highest BCUT2D eigenvalue weighted by Gasteiger charge is 2.10. The fourth-order valence-corrected chi connectivity index (χ4v) is 2.80. The molecule has 0 aromatic heterocycles. The van der Waals surface area contributed by atoms with Crippen molar-refractivity contribution in [1.82, 2.24) is 5.32 Å². The minimum atomic E-state index is -0.355. The van der Waals surface area contributed by atoms with E-state index in [0.29, 0.717) is 15.6 Å². The molecular formula is C18H12Cl2N2OS. The van der Waals surface area contributed by atoms with Crippen LogP contribution in [0, 0.1) is 0 Å². The molecule has 3 aromatic carbocycles. The first-order chi connectivity index (χ1) is 11.5. The van der Waals surface area contributed by atoms with Gasteiger partial charge in [-0.3, -0.25) is 10.1 Å². The monoisotopic (exact) mass is 374 g/mol. The van der Waals surface area contributed by atoms with E-state index in [2.05, 4.69) is 10.6 Å². The summed E-state index contributed by atoms with van der Waals surface area (Å²) in [6, 6.07) is 18.4. The fraction of sp³-hybridized carbons (Fsp3) is 0. The average Bonchev–Trinajstić information content (AvgIpc) is 2.57. The second kappa shape index (κ2) is 7.18. The maximum absolute atomic E-state index is 12.2. The summed E-state index contributed by atoms with van der Waals surface area (Å²) in [7, 11) is 0. The van der Waals surface area contributed by atoms with Gasteiger partial charge in [0.15, 0.2) is 5.11 Å². The number of thiocarbonyl (C=S) groups is 1. The van der Waals surface area contributed by atoms with Crippen LogP contribution in [0.5, 0.6) is 0 Å². The van der Waals surface area contributed by atoms with E-state index < -0.39 is 0 Å². The Bertz CT molecular complexity index is 938. The lowest BCUT2D eigenvalue weighted by Crippen LogP contribution is -2.34. The smallest absolute Gasteiger partial charge is 0.257 e. The Labute approximate surface area is 154 Å². The zero-order valence-corrected chi connectivity index (χ0v) is 14.7. The molecule has 0 aliphatic carbocycles. The van der Waals surface area contributed by atoms with Crippen LogP contribution in [0.25, 0.3) is 10.8 Å². The molecule has 0 saturated heterocycles. The molecule has 0 saturated carbocycles. The third kappa shape index (κ3) is 3.67. The van der Waals surface area contributed by atoms with E-state index in [4.69, 9.17) is 35.4 Å². The molecule has 0 spiro atoms. The van der Waals surface area contributed by atoms with Gasteiger partial charge in [-0.1, -0.05) is 59.6 Å². The Morgan fingerprint density at radius 2 is 1.67 bits per heavy atom. The summed E-state index contributed by atoms with van der Waals surface area (Å²) in [5, 5.41) is 8.71. The molecule has 1 amide bonds. The van der Waals surface area contributed by atoms with E-state index in [0.717, 1.165) is 16.5 Å². The highest BCUT2D eigenvalue weighted by atomic mass is 35.5. The highest BCUT2D eigenvalue weighted by Crippen LogP contribution is 2.24. The first kappa shape index (κ1) is 16.7. The van der Waals surface area contributed by atoms with Crippen molar-refractivity contribution in [3.05, 3.63) is 76.3 Å². The van der Waals surface area contributed by atoms with Gasteiger partial charge in [0.25, 0.3) is 5.91 Å². The van der Waals surface area contributed by atoms with Crippen LogP contribution in [0.2, 0.25) is 10.0 Å². The van der Waals surface area contributed by atoms with Gasteiger partial charge in [0.1, 0.15) is 0 Å². The average molecular weight is 375 g/mol. The van der Waals surface area contributed by atoms with Gasteiger partial charge >= 0.3 is 0 Å². The second-order valence-corrected chi connectivity index (χ2v) is 6.29. The Morgan fingerprint density at radius 3 is 2.46 bits per heavy atom. The van der Waals surface area contributed by atoms with Crippen molar-refractivity contribution < 1.29 is 4.79 Å². The molecule has 120 valence electrons. The first-order valence-corrected chi connectivity index (χ1v) is 8.26. The number of hydrogen-bond donors (Lipinski definition) is 2. The number of amides is 1. The van der Waals surface area contributed by atoms with Gasteiger partial charge in [-0.05, 0) is 41.9 Å². The molecular weight excluding hydrogens is 363 g/mol. The minimum absolute atomic E-state index is 0.211. The normalized spacial score (nSPS) is 10.4. The zero-order valence-electron chi connectivity index (χ0n) is 12.3. The van der Waals surface area contributed by atoms with Gasteiger partial charge in [-0.2, -0.15) is 0 Å². The Kier molecular flexibility index (Phi) is 5.00. The maximum Gasteiger partial charge on any atom is 0.257 e. The highest BCUT2D eigenvalue weighted by molar-refractivity contribution is 7.80. The van der Waals surface area contributed by atoms with E-state index in [-0.39, 0.29) is 11.0 Å². The topological polar surface area (TPSA) is 41.1 Å². The summed E-state index contributed by atoms with van der Waals surface area (Å²) in [5.41, 5.74) is 1.21. The van der Waals surface area contributed by atoms with Gasteiger partial charge < -0.3 is 5.32 Å². The number of halogens is 2. The number of carbonyl (C=O) groups is 1. The minimum Gasteiger partial charge on any atom is -0.332 e. The van der Waals surface area contributed by atoms with Crippen molar-refractivity contribution in [3.8, 4) is 0 Å². The molecule has 0 heterocycles.